The van der Waals surface area contributed by atoms with Crippen LogP contribution >= 0.6 is 0 Å². The number of hydrogen-bond acceptors (Lipinski definition) is 1. The molecule has 0 radical (unpaired) electrons. The second-order valence-corrected chi connectivity index (χ2v) is 6.11. The fraction of sp³-hybridized carbons (Fsp3) is 0. The van der Waals surface area contributed by atoms with E-state index >= 15 is 0 Å². The zero-order valence-electron chi connectivity index (χ0n) is 9.09. The van der Waals surface area contributed by atoms with Crippen LogP contribution in [0.2, 0.25) is 0 Å². The normalized spacial score (nSPS) is 10.6. The van der Waals surface area contributed by atoms with Crippen molar-refractivity contribution >= 4 is 24.1 Å². The maximum absolute atomic E-state index is 12.0. The summed E-state index contributed by atoms with van der Waals surface area (Å²) in [4.78, 5) is 12.0. The van der Waals surface area contributed by atoms with Crippen molar-refractivity contribution < 1.29 is 0 Å². The molecule has 82 valence electrons. The summed E-state index contributed by atoms with van der Waals surface area (Å²) in [5.41, 5.74) is 1.29. The van der Waals surface area contributed by atoms with Crippen LogP contribution in [0.4, 0.5) is 0 Å². The van der Waals surface area contributed by atoms with Crippen molar-refractivity contribution in [2.45, 2.75) is 0 Å². The van der Waals surface area contributed by atoms with E-state index in [0.717, 1.165) is 10.9 Å². The van der Waals surface area contributed by atoms with Gasteiger partial charge in [0.25, 0.3) is 0 Å². The molecule has 0 unspecified atom stereocenters. The zero-order chi connectivity index (χ0) is 11.7. The van der Waals surface area contributed by atoms with E-state index in [-0.39, 0.29) is 19.9 Å². The molecule has 0 fully saturated rings. The Hall–Kier alpha value is -1.63. The molecule has 0 saturated carbocycles. The predicted molar refractivity (Wildman–Crippen MR) is 72.6 cm³/mol. The fourth-order valence-electron chi connectivity index (χ4n) is 1.85. The molecule has 3 aromatic rings. The molecule has 1 nitrogen and oxygen atoms in total. The topological polar surface area (TPSA) is 17.1 Å². The van der Waals surface area contributed by atoms with Crippen LogP contribution in [-0.4, -0.2) is 14.5 Å². The molecule has 17 heavy (non-hydrogen) atoms. The molecule has 0 bridgehead atoms. The van der Waals surface area contributed by atoms with E-state index in [1.54, 1.807) is 6.07 Å². The molecular formula is C15H10OSe. The number of hydrogen-bond donors (Lipinski definition) is 0. The summed E-state index contributed by atoms with van der Waals surface area (Å²) in [5, 5.41) is 0.868. The van der Waals surface area contributed by atoms with Crippen LogP contribution in [-0.2, 0) is 0 Å². The molecule has 2 aromatic carbocycles. The van der Waals surface area contributed by atoms with Gasteiger partial charge in [-0.15, -0.1) is 0 Å². The first-order valence-corrected chi connectivity index (χ1v) is 7.14. The summed E-state index contributed by atoms with van der Waals surface area (Å²) in [6.45, 7) is 0. The standard InChI is InChI=1S/C15H10OSe/c16-13-10-15(11-6-2-1-3-7-11)17-14-9-5-4-8-12(13)14/h1-10H. The first-order valence-electron chi connectivity index (χ1n) is 5.43. The molecule has 0 aliphatic carbocycles. The molecule has 0 amide bonds. The molecule has 0 atom stereocenters. The van der Waals surface area contributed by atoms with Crippen LogP contribution in [0.5, 0.6) is 0 Å². The third-order valence-electron chi connectivity index (χ3n) is 2.69. The average Bonchev–Trinajstić information content (AvgIpc) is 2.40. The van der Waals surface area contributed by atoms with Crippen molar-refractivity contribution in [1.82, 2.24) is 0 Å². The monoisotopic (exact) mass is 286 g/mol. The Morgan fingerprint density at radius 1 is 0.824 bits per heavy atom. The summed E-state index contributed by atoms with van der Waals surface area (Å²) >= 11 is 0.228. The Morgan fingerprint density at radius 3 is 2.35 bits per heavy atom. The molecular weight excluding hydrogens is 275 g/mol. The molecule has 0 saturated heterocycles. The Bertz CT molecular complexity index is 714. The molecule has 0 aliphatic rings. The van der Waals surface area contributed by atoms with E-state index in [1.165, 1.54) is 8.70 Å². The van der Waals surface area contributed by atoms with Gasteiger partial charge in [0, 0.05) is 0 Å². The average molecular weight is 285 g/mol. The van der Waals surface area contributed by atoms with Gasteiger partial charge >= 0.3 is 105 Å². The van der Waals surface area contributed by atoms with E-state index in [2.05, 4.69) is 18.2 Å². The van der Waals surface area contributed by atoms with Crippen molar-refractivity contribution in [2.75, 3.05) is 0 Å². The van der Waals surface area contributed by atoms with Crippen molar-refractivity contribution in [1.29, 1.82) is 0 Å². The van der Waals surface area contributed by atoms with Gasteiger partial charge < -0.3 is 0 Å². The van der Waals surface area contributed by atoms with E-state index < -0.39 is 0 Å². The number of rotatable bonds is 1. The molecule has 0 N–H and O–H groups in total. The molecule has 3 rings (SSSR count). The fourth-order valence-corrected chi connectivity index (χ4v) is 4.12. The molecule has 0 spiro atoms. The van der Waals surface area contributed by atoms with E-state index in [9.17, 15) is 4.79 Å². The van der Waals surface area contributed by atoms with Gasteiger partial charge in [-0.1, -0.05) is 0 Å². The SMILES string of the molecule is O=c1cc(-c2ccccc2)[se]c2ccccc12. The maximum atomic E-state index is 12.0. The van der Waals surface area contributed by atoms with E-state index in [0.29, 0.717) is 0 Å². The minimum atomic E-state index is 0.132. The molecule has 1 heterocycles. The Kier molecular flexibility index (Phi) is 2.68. The van der Waals surface area contributed by atoms with Gasteiger partial charge in [0.2, 0.25) is 0 Å². The second-order valence-electron chi connectivity index (χ2n) is 3.84. The van der Waals surface area contributed by atoms with Crippen molar-refractivity contribution in [3.63, 3.8) is 0 Å². The van der Waals surface area contributed by atoms with Gasteiger partial charge in [-0.2, -0.15) is 0 Å². The van der Waals surface area contributed by atoms with Gasteiger partial charge in [0.1, 0.15) is 0 Å². The Labute approximate surface area is 105 Å². The van der Waals surface area contributed by atoms with Crippen LogP contribution in [0.25, 0.3) is 19.6 Å². The summed E-state index contributed by atoms with van der Waals surface area (Å²) in [6.07, 6.45) is 0. The Balaban J connectivity index is 2.30. The third-order valence-corrected chi connectivity index (χ3v) is 5.10. The zero-order valence-corrected chi connectivity index (χ0v) is 10.8. The van der Waals surface area contributed by atoms with Gasteiger partial charge in [-0.3, -0.25) is 0 Å². The van der Waals surface area contributed by atoms with Crippen LogP contribution in [0, 0.1) is 0 Å². The predicted octanol–water partition coefficient (Wildman–Crippen LogP) is 2.92. The van der Waals surface area contributed by atoms with Crippen molar-refractivity contribution in [3.8, 4) is 10.0 Å². The van der Waals surface area contributed by atoms with Gasteiger partial charge in [-0.05, 0) is 0 Å². The molecule has 0 aliphatic heterocycles. The first kappa shape index (κ1) is 10.5. The summed E-state index contributed by atoms with van der Waals surface area (Å²) < 4.78 is 2.35. The van der Waals surface area contributed by atoms with Gasteiger partial charge in [0.15, 0.2) is 0 Å². The van der Waals surface area contributed by atoms with Gasteiger partial charge in [-0.25, -0.2) is 0 Å². The summed E-state index contributed by atoms with van der Waals surface area (Å²) in [7, 11) is 0. The van der Waals surface area contributed by atoms with Gasteiger partial charge in [0.05, 0.1) is 0 Å². The number of benzene rings is 2. The molecule has 2 heteroatoms. The minimum absolute atomic E-state index is 0.132. The second kappa shape index (κ2) is 4.32. The molecule has 1 aromatic heterocycles. The summed E-state index contributed by atoms with van der Waals surface area (Å²) in [5.74, 6) is 0. The van der Waals surface area contributed by atoms with Crippen LogP contribution in [0.1, 0.15) is 0 Å². The third kappa shape index (κ3) is 1.97. The Morgan fingerprint density at radius 2 is 1.53 bits per heavy atom. The van der Waals surface area contributed by atoms with Crippen molar-refractivity contribution in [2.24, 2.45) is 0 Å². The van der Waals surface area contributed by atoms with Crippen LogP contribution < -0.4 is 5.43 Å². The van der Waals surface area contributed by atoms with Crippen LogP contribution in [0.15, 0.2) is 65.5 Å². The van der Waals surface area contributed by atoms with E-state index in [1.807, 2.05) is 36.4 Å². The summed E-state index contributed by atoms with van der Waals surface area (Å²) in [6, 6.07) is 19.8. The van der Waals surface area contributed by atoms with Crippen LogP contribution in [0.3, 0.4) is 0 Å². The quantitative estimate of drug-likeness (QED) is 0.628. The number of fused-ring (bicyclic) bond motifs is 1. The van der Waals surface area contributed by atoms with Crippen molar-refractivity contribution in [3.05, 3.63) is 70.9 Å². The first-order chi connectivity index (χ1) is 8.34. The van der Waals surface area contributed by atoms with E-state index in [4.69, 9.17) is 0 Å².